The van der Waals surface area contributed by atoms with Gasteiger partial charge in [-0.1, -0.05) is 13.8 Å². The molecule has 0 bridgehead atoms. The third kappa shape index (κ3) is 4.97. The number of carbonyl (C=O) groups excluding carboxylic acids is 1. The lowest BCUT2D eigenvalue weighted by Crippen LogP contribution is -2.41. The number of rotatable bonds is 6. The highest BCUT2D eigenvalue weighted by Gasteiger charge is 2.26. The van der Waals surface area contributed by atoms with Crippen LogP contribution in [0.3, 0.4) is 0 Å². The number of anilines is 1. The summed E-state index contributed by atoms with van der Waals surface area (Å²) in [5.41, 5.74) is 0. The zero-order valence-electron chi connectivity index (χ0n) is 14.7. The fourth-order valence-electron chi connectivity index (χ4n) is 3.37. The predicted molar refractivity (Wildman–Crippen MR) is 91.9 cm³/mol. The van der Waals surface area contributed by atoms with E-state index in [9.17, 15) is 9.59 Å². The van der Waals surface area contributed by atoms with Crippen LogP contribution in [0.15, 0.2) is 12.3 Å². The van der Waals surface area contributed by atoms with Crippen LogP contribution in [0.1, 0.15) is 58.9 Å². The number of nitrogens with zero attached hydrogens (tertiary/aromatic N) is 2. The zero-order chi connectivity index (χ0) is 17.7. The van der Waals surface area contributed by atoms with E-state index >= 15 is 0 Å². The molecule has 1 unspecified atom stereocenters. The molecule has 7 nitrogen and oxygen atoms in total. The van der Waals surface area contributed by atoms with Crippen LogP contribution in [0.2, 0.25) is 0 Å². The summed E-state index contributed by atoms with van der Waals surface area (Å²) >= 11 is 0. The highest BCUT2D eigenvalue weighted by molar-refractivity contribution is 5.88. The molecule has 0 aliphatic heterocycles. The minimum atomic E-state index is -0.735. The molecular weight excluding hydrogens is 308 g/mol. The molecule has 0 saturated heterocycles. The molecule has 1 aromatic heterocycles. The SMILES string of the molecule is CC(C)CC(C)n1nccc1NC(=O)NC1CCC(C(=O)O)CC1. The first-order valence-corrected chi connectivity index (χ1v) is 8.70. The van der Waals surface area contributed by atoms with Gasteiger partial charge in [0, 0.05) is 12.1 Å². The fraction of sp³-hybridized carbons (Fsp3) is 0.706. The van der Waals surface area contributed by atoms with Crippen molar-refractivity contribution < 1.29 is 14.7 Å². The molecule has 1 aliphatic rings. The highest BCUT2D eigenvalue weighted by Crippen LogP contribution is 2.25. The van der Waals surface area contributed by atoms with E-state index in [2.05, 4.69) is 36.5 Å². The molecule has 0 spiro atoms. The molecule has 1 saturated carbocycles. The van der Waals surface area contributed by atoms with Crippen molar-refractivity contribution >= 4 is 17.8 Å². The second kappa shape index (κ2) is 8.17. The Morgan fingerprint density at radius 1 is 1.29 bits per heavy atom. The van der Waals surface area contributed by atoms with Crippen molar-refractivity contribution in [3.8, 4) is 0 Å². The quantitative estimate of drug-likeness (QED) is 0.743. The summed E-state index contributed by atoms with van der Waals surface area (Å²) in [5, 5.41) is 19.1. The van der Waals surface area contributed by atoms with Gasteiger partial charge in [-0.25, -0.2) is 9.48 Å². The smallest absolute Gasteiger partial charge is 0.320 e. The van der Waals surface area contributed by atoms with Gasteiger partial charge in [0.15, 0.2) is 0 Å². The van der Waals surface area contributed by atoms with E-state index in [0.717, 1.165) is 6.42 Å². The zero-order valence-corrected chi connectivity index (χ0v) is 14.7. The second-order valence-corrected chi connectivity index (χ2v) is 7.12. The van der Waals surface area contributed by atoms with Crippen LogP contribution in [0.4, 0.5) is 10.6 Å². The molecule has 3 N–H and O–H groups in total. The Morgan fingerprint density at radius 2 is 1.96 bits per heavy atom. The first-order chi connectivity index (χ1) is 11.4. The van der Waals surface area contributed by atoms with Crippen LogP contribution in [-0.4, -0.2) is 32.9 Å². The maximum Gasteiger partial charge on any atom is 0.320 e. The number of hydrogen-bond acceptors (Lipinski definition) is 3. The Kier molecular flexibility index (Phi) is 6.23. The average molecular weight is 336 g/mol. The van der Waals surface area contributed by atoms with Crippen molar-refractivity contribution in [2.45, 2.75) is 65.0 Å². The highest BCUT2D eigenvalue weighted by atomic mass is 16.4. The molecular formula is C17H28N4O3. The summed E-state index contributed by atoms with van der Waals surface area (Å²) in [6.07, 6.45) is 5.30. The van der Waals surface area contributed by atoms with Gasteiger partial charge in [0.05, 0.1) is 18.2 Å². The lowest BCUT2D eigenvalue weighted by atomic mass is 9.86. The van der Waals surface area contributed by atoms with E-state index in [-0.39, 0.29) is 24.0 Å². The van der Waals surface area contributed by atoms with Crippen LogP contribution >= 0.6 is 0 Å². The van der Waals surface area contributed by atoms with Crippen molar-refractivity contribution in [3.63, 3.8) is 0 Å². The summed E-state index contributed by atoms with van der Waals surface area (Å²) in [6.45, 7) is 6.41. The summed E-state index contributed by atoms with van der Waals surface area (Å²) in [5.74, 6) is 0.223. The van der Waals surface area contributed by atoms with Gasteiger partial charge in [-0.05, 0) is 44.9 Å². The molecule has 7 heteroatoms. The number of urea groups is 1. The van der Waals surface area contributed by atoms with Crippen molar-refractivity contribution in [2.75, 3.05) is 5.32 Å². The molecule has 1 heterocycles. The van der Waals surface area contributed by atoms with Crippen molar-refractivity contribution in [1.82, 2.24) is 15.1 Å². The third-order valence-electron chi connectivity index (χ3n) is 4.55. The third-order valence-corrected chi connectivity index (χ3v) is 4.55. The van der Waals surface area contributed by atoms with Crippen LogP contribution in [0, 0.1) is 11.8 Å². The number of aliphatic carboxylic acids is 1. The van der Waals surface area contributed by atoms with Crippen LogP contribution < -0.4 is 10.6 Å². The minimum Gasteiger partial charge on any atom is -0.481 e. The Morgan fingerprint density at radius 3 is 2.54 bits per heavy atom. The molecule has 24 heavy (non-hydrogen) atoms. The fourth-order valence-corrected chi connectivity index (χ4v) is 3.37. The van der Waals surface area contributed by atoms with E-state index in [1.165, 1.54) is 0 Å². The lowest BCUT2D eigenvalue weighted by Gasteiger charge is -2.27. The number of carboxylic acids is 1. The van der Waals surface area contributed by atoms with E-state index in [4.69, 9.17) is 5.11 Å². The molecule has 134 valence electrons. The normalized spacial score (nSPS) is 22.2. The van der Waals surface area contributed by atoms with Gasteiger partial charge in [0.25, 0.3) is 0 Å². The summed E-state index contributed by atoms with van der Waals surface area (Å²) in [4.78, 5) is 23.2. The molecule has 1 aliphatic carbocycles. The Labute approximate surface area is 142 Å². The van der Waals surface area contributed by atoms with E-state index in [1.807, 2.05) is 4.68 Å². The van der Waals surface area contributed by atoms with Crippen LogP contribution in [0.25, 0.3) is 0 Å². The maximum absolute atomic E-state index is 12.2. The van der Waals surface area contributed by atoms with Gasteiger partial charge in [-0.3, -0.25) is 10.1 Å². The van der Waals surface area contributed by atoms with Crippen LogP contribution in [0.5, 0.6) is 0 Å². The van der Waals surface area contributed by atoms with Gasteiger partial charge in [0.1, 0.15) is 5.82 Å². The predicted octanol–water partition coefficient (Wildman–Crippen LogP) is 3.26. The van der Waals surface area contributed by atoms with Gasteiger partial charge in [-0.15, -0.1) is 0 Å². The topological polar surface area (TPSA) is 96.3 Å². The van der Waals surface area contributed by atoms with Crippen molar-refractivity contribution in [1.29, 1.82) is 0 Å². The standard InChI is InChI=1S/C17H28N4O3/c1-11(2)10-12(3)21-15(8-9-18-21)20-17(24)19-14-6-4-13(5-7-14)16(22)23/h8-9,11-14H,4-7,10H2,1-3H3,(H,22,23)(H2,19,20,24). The first-order valence-electron chi connectivity index (χ1n) is 8.70. The van der Waals surface area contributed by atoms with E-state index in [1.54, 1.807) is 12.3 Å². The summed E-state index contributed by atoms with van der Waals surface area (Å²) in [7, 11) is 0. The maximum atomic E-state index is 12.2. The Balaban J connectivity index is 1.85. The van der Waals surface area contributed by atoms with E-state index < -0.39 is 5.97 Å². The average Bonchev–Trinajstić information content (AvgIpc) is 2.95. The largest absolute Gasteiger partial charge is 0.481 e. The summed E-state index contributed by atoms with van der Waals surface area (Å²) < 4.78 is 1.83. The number of hydrogen-bond donors (Lipinski definition) is 3. The van der Waals surface area contributed by atoms with Gasteiger partial charge >= 0.3 is 12.0 Å². The lowest BCUT2D eigenvalue weighted by molar-refractivity contribution is -0.142. The number of aromatic nitrogens is 2. The monoisotopic (exact) mass is 336 g/mol. The number of carbonyl (C=O) groups is 2. The Bertz CT molecular complexity index is 562. The molecule has 1 atom stereocenters. The molecule has 2 amide bonds. The second-order valence-electron chi connectivity index (χ2n) is 7.12. The minimum absolute atomic E-state index is 0.0325. The van der Waals surface area contributed by atoms with Gasteiger partial charge in [0.2, 0.25) is 0 Å². The molecule has 2 rings (SSSR count). The summed E-state index contributed by atoms with van der Waals surface area (Å²) in [6, 6.07) is 1.77. The molecule has 0 radical (unpaired) electrons. The van der Waals surface area contributed by atoms with Crippen molar-refractivity contribution in [3.05, 3.63) is 12.3 Å². The Hall–Kier alpha value is -2.05. The molecule has 1 aromatic rings. The number of nitrogens with one attached hydrogen (secondary N) is 2. The first kappa shape index (κ1) is 18.3. The van der Waals surface area contributed by atoms with E-state index in [0.29, 0.717) is 37.4 Å². The van der Waals surface area contributed by atoms with Gasteiger partial charge < -0.3 is 10.4 Å². The number of amides is 2. The van der Waals surface area contributed by atoms with Crippen LogP contribution in [-0.2, 0) is 4.79 Å². The van der Waals surface area contributed by atoms with Gasteiger partial charge in [-0.2, -0.15) is 5.10 Å². The number of carboxylic acid groups (broad SMARTS) is 1. The molecule has 1 fully saturated rings. The van der Waals surface area contributed by atoms with Crippen molar-refractivity contribution in [2.24, 2.45) is 11.8 Å². The molecule has 0 aromatic carbocycles.